The monoisotopic (exact) mass is 254 g/mol. The van der Waals surface area contributed by atoms with Crippen LogP contribution in [0.25, 0.3) is 6.08 Å². The molecule has 96 valence electrons. The lowest BCUT2D eigenvalue weighted by Crippen LogP contribution is -2.19. The second-order valence-corrected chi connectivity index (χ2v) is 4.32. The van der Waals surface area contributed by atoms with Gasteiger partial charge in [-0.1, -0.05) is 6.08 Å². The van der Waals surface area contributed by atoms with Crippen molar-refractivity contribution in [2.75, 3.05) is 0 Å². The summed E-state index contributed by atoms with van der Waals surface area (Å²) in [6, 6.07) is 5.36. The summed E-state index contributed by atoms with van der Waals surface area (Å²) in [5.74, 6) is -0.296. The fourth-order valence-electron chi connectivity index (χ4n) is 1.89. The molecule has 0 aliphatic carbocycles. The number of ketones is 1. The zero-order valence-corrected chi connectivity index (χ0v) is 10.8. The Balaban J connectivity index is 2.31. The SMILES string of the molecule is Cc1cc(C)c(C(=O)/C=C/c2ccncc2)c(=O)[nH]1. The van der Waals surface area contributed by atoms with Crippen LogP contribution >= 0.6 is 0 Å². The average molecular weight is 254 g/mol. The second-order valence-electron chi connectivity index (χ2n) is 4.32. The Kier molecular flexibility index (Phi) is 3.71. The summed E-state index contributed by atoms with van der Waals surface area (Å²) < 4.78 is 0. The number of nitrogens with zero attached hydrogens (tertiary/aromatic N) is 1. The van der Waals surface area contributed by atoms with Gasteiger partial charge in [0.05, 0.1) is 5.56 Å². The minimum absolute atomic E-state index is 0.191. The highest BCUT2D eigenvalue weighted by molar-refractivity contribution is 6.07. The Labute approximate surface area is 110 Å². The molecule has 0 spiro atoms. The van der Waals surface area contributed by atoms with Gasteiger partial charge in [-0.05, 0) is 49.2 Å². The van der Waals surface area contributed by atoms with E-state index in [-0.39, 0.29) is 16.9 Å². The Morgan fingerprint density at radius 2 is 1.95 bits per heavy atom. The smallest absolute Gasteiger partial charge is 0.259 e. The summed E-state index contributed by atoms with van der Waals surface area (Å²) in [5.41, 5.74) is 2.14. The third-order valence-corrected chi connectivity index (χ3v) is 2.74. The van der Waals surface area contributed by atoms with Gasteiger partial charge >= 0.3 is 0 Å². The number of rotatable bonds is 3. The molecule has 0 saturated carbocycles. The summed E-state index contributed by atoms with van der Waals surface area (Å²) in [7, 11) is 0. The first kappa shape index (κ1) is 13.0. The molecule has 1 N–H and O–H groups in total. The van der Waals surface area contributed by atoms with Gasteiger partial charge in [0.15, 0.2) is 5.78 Å². The van der Waals surface area contributed by atoms with Gasteiger partial charge in [0, 0.05) is 18.1 Å². The van der Waals surface area contributed by atoms with Crippen LogP contribution in [0, 0.1) is 13.8 Å². The van der Waals surface area contributed by atoms with Crippen molar-refractivity contribution >= 4 is 11.9 Å². The summed E-state index contributed by atoms with van der Waals surface area (Å²) in [4.78, 5) is 30.4. The van der Waals surface area contributed by atoms with Crippen molar-refractivity contribution < 1.29 is 4.79 Å². The summed E-state index contributed by atoms with van der Waals surface area (Å²) >= 11 is 0. The highest BCUT2D eigenvalue weighted by atomic mass is 16.1. The topological polar surface area (TPSA) is 62.8 Å². The van der Waals surface area contributed by atoms with Crippen molar-refractivity contribution in [2.24, 2.45) is 0 Å². The van der Waals surface area contributed by atoms with Gasteiger partial charge in [0.2, 0.25) is 0 Å². The Hall–Kier alpha value is -2.49. The van der Waals surface area contributed by atoms with Crippen molar-refractivity contribution in [2.45, 2.75) is 13.8 Å². The van der Waals surface area contributed by atoms with Gasteiger partial charge in [-0.15, -0.1) is 0 Å². The van der Waals surface area contributed by atoms with Crippen LogP contribution < -0.4 is 5.56 Å². The number of hydrogen-bond donors (Lipinski definition) is 1. The van der Waals surface area contributed by atoms with Crippen LogP contribution in [0.3, 0.4) is 0 Å². The Morgan fingerprint density at radius 1 is 1.26 bits per heavy atom. The van der Waals surface area contributed by atoms with E-state index in [2.05, 4.69) is 9.97 Å². The third-order valence-electron chi connectivity index (χ3n) is 2.74. The molecule has 19 heavy (non-hydrogen) atoms. The maximum atomic E-state index is 12.0. The molecule has 0 aliphatic heterocycles. The molecule has 0 radical (unpaired) electrons. The first-order valence-corrected chi connectivity index (χ1v) is 5.91. The average Bonchev–Trinajstić information content (AvgIpc) is 2.36. The van der Waals surface area contributed by atoms with Gasteiger partial charge < -0.3 is 4.98 Å². The van der Waals surface area contributed by atoms with Crippen molar-refractivity contribution in [1.82, 2.24) is 9.97 Å². The third kappa shape index (κ3) is 3.04. The highest BCUT2D eigenvalue weighted by Crippen LogP contribution is 2.07. The van der Waals surface area contributed by atoms with Crippen LogP contribution in [0.2, 0.25) is 0 Å². The molecule has 2 rings (SSSR count). The van der Waals surface area contributed by atoms with E-state index in [0.717, 1.165) is 11.3 Å². The van der Waals surface area contributed by atoms with Crippen molar-refractivity contribution in [3.63, 3.8) is 0 Å². The number of aryl methyl sites for hydroxylation is 2. The van der Waals surface area contributed by atoms with E-state index >= 15 is 0 Å². The first-order valence-electron chi connectivity index (χ1n) is 5.91. The zero-order valence-electron chi connectivity index (χ0n) is 10.8. The molecule has 0 saturated heterocycles. The van der Waals surface area contributed by atoms with Crippen molar-refractivity contribution in [3.05, 3.63) is 69.4 Å². The van der Waals surface area contributed by atoms with Crippen LogP contribution in [0.1, 0.15) is 27.2 Å². The molecule has 0 fully saturated rings. The Bertz CT molecular complexity index is 685. The molecule has 0 amide bonds. The van der Waals surface area contributed by atoms with E-state index in [9.17, 15) is 9.59 Å². The predicted octanol–water partition coefficient (Wildman–Crippen LogP) is 2.28. The first-order chi connectivity index (χ1) is 9.08. The zero-order chi connectivity index (χ0) is 13.8. The van der Waals surface area contributed by atoms with Gasteiger partial charge in [-0.3, -0.25) is 14.6 Å². The Morgan fingerprint density at radius 3 is 2.58 bits per heavy atom. The number of allylic oxidation sites excluding steroid dienone is 1. The molecule has 4 heteroatoms. The lowest BCUT2D eigenvalue weighted by Gasteiger charge is -2.02. The number of aromatic amines is 1. The van der Waals surface area contributed by atoms with E-state index in [0.29, 0.717) is 5.56 Å². The number of carbonyl (C=O) groups is 1. The van der Waals surface area contributed by atoms with Gasteiger partial charge in [-0.25, -0.2) is 0 Å². The second kappa shape index (κ2) is 5.44. The number of carbonyl (C=O) groups excluding carboxylic acids is 1. The van der Waals surface area contributed by atoms with Crippen molar-refractivity contribution in [1.29, 1.82) is 0 Å². The lowest BCUT2D eigenvalue weighted by molar-refractivity contribution is 0.104. The predicted molar refractivity (Wildman–Crippen MR) is 74.1 cm³/mol. The molecule has 0 atom stereocenters. The molecule has 0 bridgehead atoms. The molecular formula is C15H14N2O2. The molecule has 2 aromatic heterocycles. The summed E-state index contributed by atoms with van der Waals surface area (Å²) in [6.07, 6.45) is 6.37. The van der Waals surface area contributed by atoms with Crippen LogP contribution in [0.4, 0.5) is 0 Å². The fourth-order valence-corrected chi connectivity index (χ4v) is 1.89. The standard InChI is InChI=1S/C15H14N2O2/c1-10-9-11(2)17-15(19)14(10)13(18)4-3-12-5-7-16-8-6-12/h3-9H,1-2H3,(H,17,19)/b4-3+. The van der Waals surface area contributed by atoms with Crippen LogP contribution in [-0.2, 0) is 0 Å². The molecular weight excluding hydrogens is 240 g/mol. The van der Waals surface area contributed by atoms with Gasteiger partial charge in [0.25, 0.3) is 5.56 Å². The largest absolute Gasteiger partial charge is 0.326 e. The molecule has 0 aromatic carbocycles. The number of aromatic nitrogens is 2. The van der Waals surface area contributed by atoms with Gasteiger partial charge in [0.1, 0.15) is 0 Å². The van der Waals surface area contributed by atoms with E-state index < -0.39 is 0 Å². The number of pyridine rings is 2. The molecule has 0 aliphatic rings. The fraction of sp³-hybridized carbons (Fsp3) is 0.133. The maximum Gasteiger partial charge on any atom is 0.259 e. The molecule has 0 unspecified atom stereocenters. The van der Waals surface area contributed by atoms with Crippen LogP contribution in [-0.4, -0.2) is 15.8 Å². The normalized spacial score (nSPS) is 10.8. The minimum atomic E-state index is -0.345. The molecule has 4 nitrogen and oxygen atoms in total. The lowest BCUT2D eigenvalue weighted by atomic mass is 10.1. The van der Waals surface area contributed by atoms with E-state index in [1.807, 2.05) is 0 Å². The number of H-pyrrole nitrogens is 1. The van der Waals surface area contributed by atoms with Gasteiger partial charge in [-0.2, -0.15) is 0 Å². The minimum Gasteiger partial charge on any atom is -0.326 e. The molecule has 2 heterocycles. The quantitative estimate of drug-likeness (QED) is 0.675. The van der Waals surface area contributed by atoms with E-state index in [4.69, 9.17) is 0 Å². The highest BCUT2D eigenvalue weighted by Gasteiger charge is 2.11. The van der Waals surface area contributed by atoms with Crippen LogP contribution in [0.5, 0.6) is 0 Å². The van der Waals surface area contributed by atoms with Crippen LogP contribution in [0.15, 0.2) is 41.5 Å². The van der Waals surface area contributed by atoms with Crippen molar-refractivity contribution in [3.8, 4) is 0 Å². The summed E-state index contributed by atoms with van der Waals surface area (Å²) in [6.45, 7) is 3.55. The number of hydrogen-bond acceptors (Lipinski definition) is 3. The van der Waals surface area contributed by atoms with E-state index in [1.165, 1.54) is 6.08 Å². The number of nitrogens with one attached hydrogen (secondary N) is 1. The maximum absolute atomic E-state index is 12.0. The summed E-state index contributed by atoms with van der Waals surface area (Å²) in [5, 5.41) is 0. The van der Waals surface area contributed by atoms with E-state index in [1.54, 1.807) is 50.5 Å². The molecule has 2 aromatic rings.